The van der Waals surface area contributed by atoms with Crippen LogP contribution in [-0.4, -0.2) is 18.5 Å². The number of carbonyl (C=O) groups excluding carboxylic acids is 2. The van der Waals surface area contributed by atoms with Gasteiger partial charge in [-0.25, -0.2) is 4.79 Å². The van der Waals surface area contributed by atoms with E-state index >= 15 is 0 Å². The van der Waals surface area contributed by atoms with Gasteiger partial charge >= 0.3 is 5.97 Å². The Morgan fingerprint density at radius 1 is 1.07 bits per heavy atom. The first-order valence-electron chi connectivity index (χ1n) is 8.22. The van der Waals surface area contributed by atoms with Crippen LogP contribution in [0.5, 0.6) is 0 Å². The van der Waals surface area contributed by atoms with Crippen LogP contribution in [0, 0.1) is 11.3 Å². The molecule has 3 aromatic rings. The van der Waals surface area contributed by atoms with Crippen LogP contribution in [-0.2, 0) is 9.53 Å². The average molecular weight is 376 g/mol. The molecule has 0 saturated heterocycles. The number of benzene rings is 2. The van der Waals surface area contributed by atoms with Crippen LogP contribution >= 0.6 is 11.3 Å². The van der Waals surface area contributed by atoms with Gasteiger partial charge in [0, 0.05) is 4.88 Å². The maximum absolute atomic E-state index is 12.3. The second-order valence-corrected chi connectivity index (χ2v) is 6.67. The van der Waals surface area contributed by atoms with Crippen LogP contribution in [0.2, 0.25) is 0 Å². The molecule has 5 nitrogen and oxygen atoms in total. The lowest BCUT2D eigenvalue weighted by Gasteiger charge is -2.18. The summed E-state index contributed by atoms with van der Waals surface area (Å²) in [6.07, 6.45) is 0. The Balaban J connectivity index is 1.65. The molecule has 0 bridgehead atoms. The number of carbonyl (C=O) groups is 2. The van der Waals surface area contributed by atoms with E-state index in [0.717, 1.165) is 10.4 Å². The highest BCUT2D eigenvalue weighted by Crippen LogP contribution is 2.25. The van der Waals surface area contributed by atoms with Crippen molar-refractivity contribution in [3.63, 3.8) is 0 Å². The summed E-state index contributed by atoms with van der Waals surface area (Å²) in [5.74, 6) is -1.04. The zero-order valence-corrected chi connectivity index (χ0v) is 15.1. The Bertz CT molecular complexity index is 963. The number of amides is 1. The van der Waals surface area contributed by atoms with Gasteiger partial charge in [0.05, 0.1) is 23.2 Å². The molecule has 0 fully saturated rings. The van der Waals surface area contributed by atoms with E-state index in [1.54, 1.807) is 29.5 Å². The maximum Gasteiger partial charge on any atom is 0.338 e. The maximum atomic E-state index is 12.3. The van der Waals surface area contributed by atoms with E-state index in [1.807, 2.05) is 53.9 Å². The number of esters is 1. The highest BCUT2D eigenvalue weighted by atomic mass is 32.1. The highest BCUT2D eigenvalue weighted by molar-refractivity contribution is 7.10. The lowest BCUT2D eigenvalue weighted by Crippen LogP contribution is -2.32. The van der Waals surface area contributed by atoms with Crippen molar-refractivity contribution in [3.05, 3.63) is 93.7 Å². The molecule has 0 aliphatic rings. The van der Waals surface area contributed by atoms with Crippen molar-refractivity contribution in [2.45, 2.75) is 6.04 Å². The molecule has 6 heteroatoms. The summed E-state index contributed by atoms with van der Waals surface area (Å²) >= 11 is 1.54. The van der Waals surface area contributed by atoms with Gasteiger partial charge in [-0.3, -0.25) is 4.79 Å². The highest BCUT2D eigenvalue weighted by Gasteiger charge is 2.19. The Morgan fingerprint density at radius 3 is 2.59 bits per heavy atom. The number of ether oxygens (including phenoxy) is 1. The van der Waals surface area contributed by atoms with Crippen LogP contribution in [0.15, 0.2) is 72.1 Å². The number of rotatable bonds is 6. The molecule has 0 spiro atoms. The van der Waals surface area contributed by atoms with E-state index in [2.05, 4.69) is 5.32 Å². The summed E-state index contributed by atoms with van der Waals surface area (Å²) in [4.78, 5) is 25.4. The predicted octanol–water partition coefficient (Wildman–Crippen LogP) is 3.68. The third kappa shape index (κ3) is 4.81. The fourth-order valence-corrected chi connectivity index (χ4v) is 3.36. The molecule has 0 aliphatic heterocycles. The van der Waals surface area contributed by atoms with Gasteiger partial charge in [-0.15, -0.1) is 11.3 Å². The molecule has 1 aromatic heterocycles. The lowest BCUT2D eigenvalue weighted by atomic mass is 10.1. The molecule has 0 saturated carbocycles. The second-order valence-electron chi connectivity index (χ2n) is 5.70. The van der Waals surface area contributed by atoms with Crippen LogP contribution in [0.25, 0.3) is 0 Å². The SMILES string of the molecule is N#Cc1cccc(C(=O)OCC(=O)N[C@H](c2ccccc2)c2cccs2)c1. The number of hydrogen-bond acceptors (Lipinski definition) is 5. The second kappa shape index (κ2) is 8.79. The molecule has 0 radical (unpaired) electrons. The van der Waals surface area contributed by atoms with Crippen LogP contribution in [0.1, 0.15) is 32.4 Å². The summed E-state index contributed by atoms with van der Waals surface area (Å²) in [5.41, 5.74) is 1.54. The minimum absolute atomic E-state index is 0.236. The fourth-order valence-electron chi connectivity index (χ4n) is 2.55. The first-order chi connectivity index (χ1) is 13.2. The number of thiophene rings is 1. The summed E-state index contributed by atoms with van der Waals surface area (Å²) in [7, 11) is 0. The van der Waals surface area contributed by atoms with Crippen LogP contribution < -0.4 is 5.32 Å². The lowest BCUT2D eigenvalue weighted by molar-refractivity contribution is -0.124. The first kappa shape index (κ1) is 18.4. The molecule has 27 heavy (non-hydrogen) atoms. The summed E-state index contributed by atoms with van der Waals surface area (Å²) in [5, 5.41) is 13.7. The number of hydrogen-bond donors (Lipinski definition) is 1. The zero-order valence-electron chi connectivity index (χ0n) is 14.3. The molecule has 0 aliphatic carbocycles. The fraction of sp³-hybridized carbons (Fsp3) is 0.0952. The van der Waals surface area contributed by atoms with Gasteiger partial charge < -0.3 is 10.1 Å². The Morgan fingerprint density at radius 2 is 1.89 bits per heavy atom. The largest absolute Gasteiger partial charge is 0.452 e. The molecule has 1 N–H and O–H groups in total. The molecule has 1 heterocycles. The van der Waals surface area contributed by atoms with E-state index < -0.39 is 18.5 Å². The topological polar surface area (TPSA) is 79.2 Å². The molecular weight excluding hydrogens is 360 g/mol. The van der Waals surface area contributed by atoms with Gasteiger partial charge in [0.15, 0.2) is 6.61 Å². The normalized spacial score (nSPS) is 11.2. The van der Waals surface area contributed by atoms with Crippen molar-refractivity contribution < 1.29 is 14.3 Å². The van der Waals surface area contributed by atoms with E-state index in [-0.39, 0.29) is 11.6 Å². The molecular formula is C21H16N2O3S. The Kier molecular flexibility index (Phi) is 5.98. The van der Waals surface area contributed by atoms with Gasteiger partial charge in [0.2, 0.25) is 0 Å². The smallest absolute Gasteiger partial charge is 0.338 e. The first-order valence-corrected chi connectivity index (χ1v) is 9.10. The quantitative estimate of drug-likeness (QED) is 0.666. The Labute approximate surface area is 160 Å². The Hall–Kier alpha value is -3.43. The van der Waals surface area contributed by atoms with Crippen molar-refractivity contribution in [3.8, 4) is 6.07 Å². The predicted molar refractivity (Wildman–Crippen MR) is 102 cm³/mol. The van der Waals surface area contributed by atoms with Crippen molar-refractivity contribution in [1.29, 1.82) is 5.26 Å². The van der Waals surface area contributed by atoms with Crippen LogP contribution in [0.3, 0.4) is 0 Å². The molecule has 1 amide bonds. The van der Waals surface area contributed by atoms with E-state index in [1.165, 1.54) is 6.07 Å². The van der Waals surface area contributed by atoms with Crippen molar-refractivity contribution >= 4 is 23.2 Å². The van der Waals surface area contributed by atoms with E-state index in [0.29, 0.717) is 5.56 Å². The molecule has 3 rings (SSSR count). The minimum Gasteiger partial charge on any atom is -0.452 e. The standard InChI is InChI=1S/C21H16N2O3S/c22-13-15-6-4-9-17(12-15)21(25)26-14-19(24)23-20(18-10-5-11-27-18)16-7-2-1-3-8-16/h1-12,20H,14H2,(H,23,24)/t20-/m1/s1. The summed E-state index contributed by atoms with van der Waals surface area (Å²) in [6, 6.07) is 21.3. The number of nitriles is 1. The molecule has 0 unspecified atom stereocenters. The third-order valence-corrected chi connectivity index (χ3v) is 4.76. The molecule has 1 atom stereocenters. The van der Waals surface area contributed by atoms with Gasteiger partial charge in [0.1, 0.15) is 0 Å². The third-order valence-electron chi connectivity index (χ3n) is 3.83. The summed E-state index contributed by atoms with van der Waals surface area (Å²) in [6.45, 7) is -0.398. The van der Waals surface area contributed by atoms with Crippen LogP contribution in [0.4, 0.5) is 0 Å². The van der Waals surface area contributed by atoms with Gasteiger partial charge in [-0.05, 0) is 35.2 Å². The monoisotopic (exact) mass is 376 g/mol. The zero-order chi connectivity index (χ0) is 19.1. The van der Waals surface area contributed by atoms with Crippen molar-refractivity contribution in [2.75, 3.05) is 6.61 Å². The van der Waals surface area contributed by atoms with E-state index in [4.69, 9.17) is 10.00 Å². The van der Waals surface area contributed by atoms with Gasteiger partial charge in [0.25, 0.3) is 5.91 Å². The van der Waals surface area contributed by atoms with E-state index in [9.17, 15) is 9.59 Å². The molecule has 2 aromatic carbocycles. The number of nitrogens with zero attached hydrogens (tertiary/aromatic N) is 1. The average Bonchev–Trinajstić information content (AvgIpc) is 3.25. The van der Waals surface area contributed by atoms with Crippen molar-refractivity contribution in [2.24, 2.45) is 0 Å². The number of nitrogens with one attached hydrogen (secondary N) is 1. The minimum atomic E-state index is -0.644. The van der Waals surface area contributed by atoms with Gasteiger partial charge in [-0.1, -0.05) is 42.5 Å². The van der Waals surface area contributed by atoms with Gasteiger partial charge in [-0.2, -0.15) is 5.26 Å². The van der Waals surface area contributed by atoms with Crippen molar-refractivity contribution in [1.82, 2.24) is 5.32 Å². The molecule has 134 valence electrons. The summed E-state index contributed by atoms with van der Waals surface area (Å²) < 4.78 is 5.09.